The third-order valence-electron chi connectivity index (χ3n) is 6.41. The van der Waals surface area contributed by atoms with Crippen molar-refractivity contribution >= 4 is 29.1 Å². The first-order valence-electron chi connectivity index (χ1n) is 11.7. The Morgan fingerprint density at radius 1 is 0.943 bits per heavy atom. The van der Waals surface area contributed by atoms with Gasteiger partial charge in [0.05, 0.1) is 30.2 Å². The van der Waals surface area contributed by atoms with Crippen LogP contribution in [0.2, 0.25) is 0 Å². The Kier molecular flexibility index (Phi) is 6.18. The van der Waals surface area contributed by atoms with Crippen LogP contribution in [-0.2, 0) is 4.79 Å². The van der Waals surface area contributed by atoms with E-state index in [1.807, 2.05) is 42.5 Å². The maximum Gasteiger partial charge on any atom is 0.260 e. The van der Waals surface area contributed by atoms with Crippen LogP contribution in [0.4, 0.5) is 11.4 Å². The summed E-state index contributed by atoms with van der Waals surface area (Å²) in [5.41, 5.74) is 3.31. The number of hydrogen-bond donors (Lipinski definition) is 1. The molecule has 3 aromatic rings. The zero-order valence-corrected chi connectivity index (χ0v) is 19.4. The van der Waals surface area contributed by atoms with Crippen LogP contribution >= 0.6 is 0 Å². The van der Waals surface area contributed by atoms with E-state index in [1.165, 1.54) is 7.11 Å². The highest BCUT2D eigenvalue weighted by Gasteiger charge is 2.47. The van der Waals surface area contributed by atoms with Crippen molar-refractivity contribution in [2.75, 3.05) is 23.9 Å². The van der Waals surface area contributed by atoms with Crippen LogP contribution in [0.15, 0.2) is 66.9 Å². The first kappa shape index (κ1) is 22.6. The van der Waals surface area contributed by atoms with E-state index in [0.717, 1.165) is 18.4 Å². The molecule has 2 aliphatic heterocycles. The van der Waals surface area contributed by atoms with Crippen LogP contribution in [0.1, 0.15) is 58.1 Å². The molecule has 3 heterocycles. The Balaban J connectivity index is 1.22. The van der Waals surface area contributed by atoms with E-state index in [9.17, 15) is 14.4 Å². The molecule has 0 bridgehead atoms. The van der Waals surface area contributed by atoms with Gasteiger partial charge in [0, 0.05) is 30.2 Å². The highest BCUT2D eigenvalue weighted by molar-refractivity contribution is 6.16. The summed E-state index contributed by atoms with van der Waals surface area (Å²) in [7, 11) is 1.54. The molecule has 3 amide bonds. The lowest BCUT2D eigenvalue weighted by Crippen LogP contribution is -2.48. The van der Waals surface area contributed by atoms with Crippen molar-refractivity contribution in [3.8, 4) is 5.88 Å². The summed E-state index contributed by atoms with van der Waals surface area (Å²) in [5, 5.41) is 2.83. The number of nitrogens with zero attached hydrogens (tertiary/aromatic N) is 3. The molecule has 0 aliphatic carbocycles. The van der Waals surface area contributed by atoms with Gasteiger partial charge >= 0.3 is 0 Å². The molecule has 0 radical (unpaired) electrons. The zero-order valence-electron chi connectivity index (χ0n) is 19.4. The number of carbonyl (C=O) groups excluding carboxylic acids is 3. The Labute approximate surface area is 203 Å². The molecule has 8 heteroatoms. The molecule has 0 saturated carbocycles. The maximum absolute atomic E-state index is 13.4. The van der Waals surface area contributed by atoms with E-state index in [0.29, 0.717) is 47.8 Å². The van der Waals surface area contributed by atoms with E-state index in [4.69, 9.17) is 4.74 Å². The van der Waals surface area contributed by atoms with Crippen LogP contribution < -0.4 is 15.0 Å². The van der Waals surface area contributed by atoms with Gasteiger partial charge in [0.25, 0.3) is 11.8 Å². The number of aromatic nitrogens is 1. The molecule has 1 atom stereocenters. The minimum atomic E-state index is -0.438. The van der Waals surface area contributed by atoms with Gasteiger partial charge in [-0.3, -0.25) is 19.3 Å². The van der Waals surface area contributed by atoms with Gasteiger partial charge in [-0.2, -0.15) is 0 Å². The predicted molar refractivity (Wildman–Crippen MR) is 131 cm³/mol. The number of benzene rings is 2. The summed E-state index contributed by atoms with van der Waals surface area (Å²) >= 11 is 0. The van der Waals surface area contributed by atoms with E-state index < -0.39 is 6.17 Å². The van der Waals surface area contributed by atoms with E-state index >= 15 is 0 Å². The number of carbonyl (C=O) groups is 3. The highest BCUT2D eigenvalue weighted by Crippen LogP contribution is 2.45. The second kappa shape index (κ2) is 9.58. The largest absolute Gasteiger partial charge is 0.481 e. The van der Waals surface area contributed by atoms with E-state index in [-0.39, 0.29) is 17.7 Å². The first-order chi connectivity index (χ1) is 17.1. The summed E-state index contributed by atoms with van der Waals surface area (Å²) < 4.78 is 5.02. The zero-order chi connectivity index (χ0) is 24.4. The van der Waals surface area contributed by atoms with Gasteiger partial charge in [0.15, 0.2) is 0 Å². The maximum atomic E-state index is 13.4. The molecule has 0 saturated heterocycles. The van der Waals surface area contributed by atoms with Crippen LogP contribution in [0.25, 0.3) is 0 Å². The predicted octanol–water partition coefficient (Wildman–Crippen LogP) is 4.40. The molecule has 178 valence electrons. The van der Waals surface area contributed by atoms with Gasteiger partial charge < -0.3 is 15.0 Å². The topological polar surface area (TPSA) is 91.8 Å². The minimum Gasteiger partial charge on any atom is -0.481 e. The number of fused-ring (bicyclic) bond motifs is 5. The van der Waals surface area contributed by atoms with Gasteiger partial charge in [-0.15, -0.1) is 0 Å². The molecule has 1 aromatic heterocycles. The quantitative estimate of drug-likeness (QED) is 0.493. The number of methoxy groups -OCH3 is 1. The Morgan fingerprint density at radius 3 is 2.49 bits per heavy atom. The molecule has 1 N–H and O–H groups in total. The first-order valence-corrected chi connectivity index (χ1v) is 11.7. The van der Waals surface area contributed by atoms with Crippen molar-refractivity contribution in [3.63, 3.8) is 0 Å². The average Bonchev–Trinajstić information content (AvgIpc) is 3.18. The number of unbranched alkanes of at least 4 members (excludes halogenated alkanes) is 2. The van der Waals surface area contributed by atoms with E-state index in [2.05, 4.69) is 10.3 Å². The summed E-state index contributed by atoms with van der Waals surface area (Å²) in [6.45, 7) is 0.500. The fraction of sp³-hybridized carbons (Fsp3) is 0.259. The third-order valence-corrected chi connectivity index (χ3v) is 6.41. The lowest BCUT2D eigenvalue weighted by Gasteiger charge is -2.41. The molecule has 2 aromatic carbocycles. The Hall–Kier alpha value is -4.20. The number of pyridine rings is 1. The van der Waals surface area contributed by atoms with Crippen LogP contribution in [0, 0.1) is 0 Å². The van der Waals surface area contributed by atoms with Crippen LogP contribution in [0.5, 0.6) is 5.88 Å². The van der Waals surface area contributed by atoms with Gasteiger partial charge in [-0.05, 0) is 37.1 Å². The van der Waals surface area contributed by atoms with Gasteiger partial charge in [0.2, 0.25) is 11.8 Å². The molecule has 0 spiro atoms. The molecule has 35 heavy (non-hydrogen) atoms. The minimum absolute atomic E-state index is 0.0731. The number of nitrogens with one attached hydrogen (secondary N) is 1. The standard InChI is InChI=1S/C27H26N4O4/c1-35-24-15-14-18(17-28-24)29-23(32)13-3-2-8-16-30-25-19-9-4-5-10-20(19)27(34)31(25)22-12-7-6-11-21(22)26(30)33/h4-7,9-12,14-15,17,25H,2-3,8,13,16H2,1H3,(H,29,32)/t25-/m1/s1. The van der Waals surface area contributed by atoms with Gasteiger partial charge in [-0.25, -0.2) is 4.98 Å². The van der Waals surface area contributed by atoms with Crippen molar-refractivity contribution in [2.24, 2.45) is 0 Å². The lowest BCUT2D eigenvalue weighted by molar-refractivity contribution is -0.116. The van der Waals surface area contributed by atoms with Crippen molar-refractivity contribution < 1.29 is 19.1 Å². The Morgan fingerprint density at radius 2 is 1.71 bits per heavy atom. The smallest absolute Gasteiger partial charge is 0.260 e. The molecular formula is C27H26N4O4. The molecular weight excluding hydrogens is 444 g/mol. The van der Waals surface area contributed by atoms with Crippen molar-refractivity contribution in [1.29, 1.82) is 0 Å². The number of anilines is 2. The number of para-hydroxylation sites is 1. The fourth-order valence-electron chi connectivity index (χ4n) is 4.74. The van der Waals surface area contributed by atoms with Gasteiger partial charge in [-0.1, -0.05) is 36.8 Å². The number of rotatable bonds is 8. The SMILES string of the molecule is COc1ccc(NC(=O)CCCCCN2C(=O)c3ccccc3N3C(=O)c4ccccc4[C@H]23)cn1. The molecule has 2 aliphatic rings. The lowest BCUT2D eigenvalue weighted by atomic mass is 10.0. The van der Waals surface area contributed by atoms with Gasteiger partial charge in [0.1, 0.15) is 6.17 Å². The molecule has 8 nitrogen and oxygen atoms in total. The normalized spacial score (nSPS) is 16.0. The third kappa shape index (κ3) is 4.23. The van der Waals surface area contributed by atoms with Crippen molar-refractivity contribution in [2.45, 2.75) is 31.8 Å². The average molecular weight is 471 g/mol. The second-order valence-electron chi connectivity index (χ2n) is 8.60. The summed E-state index contributed by atoms with van der Waals surface area (Å²) in [4.78, 5) is 46.5. The van der Waals surface area contributed by atoms with Crippen molar-refractivity contribution in [1.82, 2.24) is 9.88 Å². The second-order valence-corrected chi connectivity index (χ2v) is 8.60. The van der Waals surface area contributed by atoms with Crippen molar-refractivity contribution in [3.05, 3.63) is 83.6 Å². The summed E-state index contributed by atoms with van der Waals surface area (Å²) in [5.74, 6) is 0.251. The number of ether oxygens (including phenoxy) is 1. The fourth-order valence-corrected chi connectivity index (χ4v) is 4.74. The highest BCUT2D eigenvalue weighted by atomic mass is 16.5. The Bertz CT molecular complexity index is 1270. The van der Waals surface area contributed by atoms with E-state index in [1.54, 1.807) is 34.2 Å². The molecule has 5 rings (SSSR count). The summed E-state index contributed by atoms with van der Waals surface area (Å²) in [6.07, 6.45) is 3.70. The number of amides is 3. The monoisotopic (exact) mass is 470 g/mol. The molecule has 0 fully saturated rings. The summed E-state index contributed by atoms with van der Waals surface area (Å²) in [6, 6.07) is 18.2. The van der Waals surface area contributed by atoms with Crippen LogP contribution in [-0.4, -0.2) is 41.3 Å². The van der Waals surface area contributed by atoms with Crippen LogP contribution in [0.3, 0.4) is 0 Å². The molecule has 0 unspecified atom stereocenters. The number of hydrogen-bond acceptors (Lipinski definition) is 5.